The summed E-state index contributed by atoms with van der Waals surface area (Å²) in [6.45, 7) is 3.10. The zero-order valence-electron chi connectivity index (χ0n) is 5.52. The first-order valence-electron chi connectivity index (χ1n) is 3.23. The van der Waals surface area contributed by atoms with Gasteiger partial charge in [0, 0.05) is 0 Å². The molecule has 1 nitrogen and oxygen atoms in total. The third-order valence-electron chi connectivity index (χ3n) is 1.12. The second-order valence-electron chi connectivity index (χ2n) is 1.93. The third-order valence-corrected chi connectivity index (χ3v) is 1.35. The van der Waals surface area contributed by atoms with Crippen LogP contribution >= 0.6 is 0 Å². The van der Waals surface area contributed by atoms with Crippen LogP contribution in [0.3, 0.4) is 0 Å². The van der Waals surface area contributed by atoms with Crippen molar-refractivity contribution < 1.29 is 3.79 Å². The summed E-state index contributed by atoms with van der Waals surface area (Å²) in [5, 5.41) is 0. The summed E-state index contributed by atoms with van der Waals surface area (Å²) in [6, 6.07) is 0. The average molecular weight is 128 g/mol. The fourth-order valence-corrected chi connectivity index (χ4v) is 0.779. The van der Waals surface area contributed by atoms with Gasteiger partial charge in [-0.2, -0.15) is 0 Å². The molecule has 0 aliphatic rings. The van der Waals surface area contributed by atoms with E-state index >= 15 is 0 Å². The first-order valence-corrected chi connectivity index (χ1v) is 3.70. The normalized spacial score (nSPS) is 9.50. The fraction of sp³-hybridized carbons (Fsp3) is 1.00. The van der Waals surface area contributed by atoms with Crippen molar-refractivity contribution in [2.75, 3.05) is 6.61 Å². The molecule has 45 valence electrons. The maximum atomic E-state index is 4.81. The van der Waals surface area contributed by atoms with Crippen molar-refractivity contribution in [3.63, 3.8) is 0 Å². The average Bonchev–Trinajstić information content (AvgIpc) is 1.81. The van der Waals surface area contributed by atoms with Crippen LogP contribution in [-0.4, -0.2) is 23.2 Å². The van der Waals surface area contributed by atoms with Crippen molar-refractivity contribution in [1.82, 2.24) is 0 Å². The number of unbranched alkanes of at least 4 members (excludes halogenated alkanes) is 3. The Kier molecular flexibility index (Phi) is 7.95. The van der Waals surface area contributed by atoms with E-state index in [4.69, 9.17) is 3.79 Å². The molecule has 0 aromatic heterocycles. The van der Waals surface area contributed by atoms with E-state index in [0.29, 0.717) is 0 Å². The van der Waals surface area contributed by atoms with E-state index in [9.17, 15) is 0 Å². The van der Waals surface area contributed by atoms with Crippen molar-refractivity contribution in [2.45, 2.75) is 32.6 Å². The predicted molar refractivity (Wildman–Crippen MR) is 35.8 cm³/mol. The summed E-state index contributed by atoms with van der Waals surface area (Å²) in [7, 11) is 0. The molecular weight excluding hydrogens is 115 g/mol. The quantitative estimate of drug-likeness (QED) is 0.404. The zero-order valence-corrected chi connectivity index (χ0v) is 6.68. The van der Waals surface area contributed by atoms with Crippen molar-refractivity contribution in [3.8, 4) is 0 Å². The SMILES string of the molecule is CCCCCC[O][Al+]. The van der Waals surface area contributed by atoms with Crippen LogP contribution in [0, 0.1) is 0 Å². The standard InChI is InChI=1S/C6H13O.Al/c1-2-3-4-5-6-7;/h2-6H2,1H3;/q-1;+2. The number of hydrogen-bond acceptors (Lipinski definition) is 1. The summed E-state index contributed by atoms with van der Waals surface area (Å²) in [5.74, 6) is 0. The minimum atomic E-state index is 0.894. The molecule has 0 saturated heterocycles. The first kappa shape index (κ1) is 8.49. The Bertz CT molecular complexity index is 33.5. The Morgan fingerprint density at radius 2 is 2.00 bits per heavy atom. The van der Waals surface area contributed by atoms with Gasteiger partial charge in [0.1, 0.15) is 0 Å². The molecule has 0 aromatic rings. The van der Waals surface area contributed by atoms with E-state index < -0.39 is 0 Å². The van der Waals surface area contributed by atoms with Crippen LogP contribution in [-0.2, 0) is 3.79 Å². The molecular formula is C6H13AlO+. The molecule has 0 aliphatic heterocycles. The van der Waals surface area contributed by atoms with Crippen LogP contribution in [0.5, 0.6) is 0 Å². The molecule has 2 heteroatoms. The van der Waals surface area contributed by atoms with E-state index in [2.05, 4.69) is 23.5 Å². The van der Waals surface area contributed by atoms with Gasteiger partial charge in [0.15, 0.2) is 0 Å². The second-order valence-corrected chi connectivity index (χ2v) is 2.26. The summed E-state index contributed by atoms with van der Waals surface area (Å²) in [6.07, 6.45) is 5.16. The van der Waals surface area contributed by atoms with Crippen molar-refractivity contribution in [2.24, 2.45) is 0 Å². The van der Waals surface area contributed by atoms with Crippen LogP contribution in [0.2, 0.25) is 0 Å². The third kappa shape index (κ3) is 6.49. The zero-order chi connectivity index (χ0) is 6.24. The topological polar surface area (TPSA) is 9.23 Å². The maximum absolute atomic E-state index is 4.81. The first-order chi connectivity index (χ1) is 3.91. The van der Waals surface area contributed by atoms with Gasteiger partial charge in [0.2, 0.25) is 0 Å². The predicted octanol–water partition coefficient (Wildman–Crippen LogP) is 1.67. The van der Waals surface area contributed by atoms with Gasteiger partial charge in [-0.25, -0.2) is 0 Å². The molecule has 0 fully saturated rings. The molecule has 0 spiro atoms. The molecule has 0 aromatic carbocycles. The molecule has 0 saturated carbocycles. The van der Waals surface area contributed by atoms with Gasteiger partial charge in [-0.05, 0) is 0 Å². The molecule has 0 heterocycles. The van der Waals surface area contributed by atoms with Crippen LogP contribution in [0.15, 0.2) is 0 Å². The van der Waals surface area contributed by atoms with Gasteiger partial charge in [0.25, 0.3) is 0 Å². The number of hydrogen-bond donors (Lipinski definition) is 0. The summed E-state index contributed by atoms with van der Waals surface area (Å²) < 4.78 is 4.81. The number of rotatable bonds is 5. The Morgan fingerprint density at radius 3 is 2.50 bits per heavy atom. The second kappa shape index (κ2) is 7.49. The molecule has 8 heavy (non-hydrogen) atoms. The van der Waals surface area contributed by atoms with Crippen LogP contribution < -0.4 is 0 Å². The van der Waals surface area contributed by atoms with Gasteiger partial charge in [0.05, 0.1) is 0 Å². The van der Waals surface area contributed by atoms with Crippen LogP contribution in [0.1, 0.15) is 32.6 Å². The van der Waals surface area contributed by atoms with E-state index in [-0.39, 0.29) is 0 Å². The van der Waals surface area contributed by atoms with Gasteiger partial charge < -0.3 is 0 Å². The molecule has 1 radical (unpaired) electrons. The van der Waals surface area contributed by atoms with Gasteiger partial charge in [-0.15, -0.1) is 0 Å². The molecule has 0 bridgehead atoms. The minimum absolute atomic E-state index is 0.894. The van der Waals surface area contributed by atoms with Gasteiger partial charge in [-0.3, -0.25) is 0 Å². The van der Waals surface area contributed by atoms with Crippen LogP contribution in [0.4, 0.5) is 0 Å². The van der Waals surface area contributed by atoms with E-state index in [1.165, 1.54) is 25.7 Å². The molecule has 0 atom stereocenters. The van der Waals surface area contributed by atoms with Crippen LogP contribution in [0.25, 0.3) is 0 Å². The Labute approximate surface area is 60.2 Å². The summed E-state index contributed by atoms with van der Waals surface area (Å²) >= 11 is 2.27. The Morgan fingerprint density at radius 1 is 1.25 bits per heavy atom. The van der Waals surface area contributed by atoms with Crippen molar-refractivity contribution >= 4 is 16.6 Å². The van der Waals surface area contributed by atoms with E-state index in [0.717, 1.165) is 6.61 Å². The monoisotopic (exact) mass is 128 g/mol. The van der Waals surface area contributed by atoms with E-state index in [1.54, 1.807) is 0 Å². The molecule has 0 aliphatic carbocycles. The van der Waals surface area contributed by atoms with E-state index in [1.807, 2.05) is 0 Å². The van der Waals surface area contributed by atoms with Gasteiger partial charge >= 0.3 is 59.6 Å². The Hall–Kier alpha value is 0.492. The van der Waals surface area contributed by atoms with Crippen molar-refractivity contribution in [1.29, 1.82) is 0 Å². The Balaban J connectivity index is 2.53. The summed E-state index contributed by atoms with van der Waals surface area (Å²) in [4.78, 5) is 0. The fourth-order valence-electron chi connectivity index (χ4n) is 0.612. The van der Waals surface area contributed by atoms with Crippen molar-refractivity contribution in [3.05, 3.63) is 0 Å². The van der Waals surface area contributed by atoms with Gasteiger partial charge in [-0.1, -0.05) is 0 Å². The molecule has 0 N–H and O–H groups in total. The summed E-state index contributed by atoms with van der Waals surface area (Å²) in [5.41, 5.74) is 0. The molecule has 0 amide bonds. The molecule has 0 unspecified atom stereocenters. The molecule has 0 rings (SSSR count).